The van der Waals surface area contributed by atoms with Crippen molar-refractivity contribution in [1.29, 1.82) is 0 Å². The third-order valence-electron chi connectivity index (χ3n) is 3.26. The molecule has 0 aliphatic carbocycles. The first-order chi connectivity index (χ1) is 7.66. The standard InChI is InChI=1S/C14H21NO/c1-10(2)13-8-9-16-14(15-13)12-6-4-11(3)5-7-12/h4-7,10,13-15H,8-9H2,1-3H3/t13-,14+/m1/s1. The van der Waals surface area contributed by atoms with E-state index in [0.29, 0.717) is 12.0 Å². The average Bonchev–Trinajstić information content (AvgIpc) is 2.30. The van der Waals surface area contributed by atoms with Crippen molar-refractivity contribution in [1.82, 2.24) is 5.32 Å². The lowest BCUT2D eigenvalue weighted by atomic mass is 9.99. The first kappa shape index (κ1) is 11.6. The number of hydrogen-bond acceptors (Lipinski definition) is 2. The Morgan fingerprint density at radius 2 is 1.94 bits per heavy atom. The zero-order valence-electron chi connectivity index (χ0n) is 10.4. The Hall–Kier alpha value is -0.860. The molecule has 16 heavy (non-hydrogen) atoms. The van der Waals surface area contributed by atoms with Crippen LogP contribution < -0.4 is 5.32 Å². The minimum absolute atomic E-state index is 0.0711. The second-order valence-electron chi connectivity index (χ2n) is 4.97. The van der Waals surface area contributed by atoms with E-state index in [1.54, 1.807) is 0 Å². The van der Waals surface area contributed by atoms with Crippen molar-refractivity contribution in [3.63, 3.8) is 0 Å². The van der Waals surface area contributed by atoms with E-state index in [1.807, 2.05) is 0 Å². The molecular weight excluding hydrogens is 198 g/mol. The summed E-state index contributed by atoms with van der Waals surface area (Å²) in [6, 6.07) is 9.14. The molecule has 1 saturated heterocycles. The van der Waals surface area contributed by atoms with E-state index >= 15 is 0 Å². The maximum atomic E-state index is 5.77. The molecular formula is C14H21NO. The highest BCUT2D eigenvalue weighted by molar-refractivity contribution is 5.23. The molecule has 0 unspecified atom stereocenters. The van der Waals surface area contributed by atoms with Crippen molar-refractivity contribution in [3.8, 4) is 0 Å². The Morgan fingerprint density at radius 1 is 1.25 bits per heavy atom. The van der Waals surface area contributed by atoms with E-state index in [1.165, 1.54) is 11.1 Å². The molecule has 0 radical (unpaired) electrons. The van der Waals surface area contributed by atoms with Crippen LogP contribution in [0.4, 0.5) is 0 Å². The van der Waals surface area contributed by atoms with Crippen LogP contribution in [0, 0.1) is 12.8 Å². The van der Waals surface area contributed by atoms with Gasteiger partial charge < -0.3 is 4.74 Å². The Kier molecular flexibility index (Phi) is 3.62. The second-order valence-corrected chi connectivity index (χ2v) is 4.97. The van der Waals surface area contributed by atoms with Crippen molar-refractivity contribution in [2.24, 2.45) is 5.92 Å². The highest BCUT2D eigenvalue weighted by atomic mass is 16.5. The zero-order chi connectivity index (χ0) is 11.5. The number of benzene rings is 1. The fourth-order valence-electron chi connectivity index (χ4n) is 2.10. The Bertz CT molecular complexity index is 331. The molecule has 1 aromatic carbocycles. The molecule has 2 rings (SSSR count). The SMILES string of the molecule is Cc1ccc([C@H]2N[C@@H](C(C)C)CCO2)cc1. The Labute approximate surface area is 98.0 Å². The molecule has 0 amide bonds. The van der Waals surface area contributed by atoms with Gasteiger partial charge in [-0.1, -0.05) is 43.7 Å². The van der Waals surface area contributed by atoms with Crippen LogP contribution in [0.5, 0.6) is 0 Å². The predicted octanol–water partition coefficient (Wildman–Crippen LogP) is 3.03. The Morgan fingerprint density at radius 3 is 2.56 bits per heavy atom. The summed E-state index contributed by atoms with van der Waals surface area (Å²) in [4.78, 5) is 0. The minimum atomic E-state index is 0.0711. The van der Waals surface area contributed by atoms with Crippen LogP contribution in [-0.4, -0.2) is 12.6 Å². The van der Waals surface area contributed by atoms with Gasteiger partial charge in [-0.15, -0.1) is 0 Å². The van der Waals surface area contributed by atoms with E-state index in [4.69, 9.17) is 4.74 Å². The smallest absolute Gasteiger partial charge is 0.134 e. The summed E-state index contributed by atoms with van der Waals surface area (Å²) in [6.07, 6.45) is 1.18. The van der Waals surface area contributed by atoms with Crippen LogP contribution in [0.1, 0.15) is 37.6 Å². The van der Waals surface area contributed by atoms with E-state index in [9.17, 15) is 0 Å². The molecule has 2 nitrogen and oxygen atoms in total. The topological polar surface area (TPSA) is 21.3 Å². The first-order valence-corrected chi connectivity index (χ1v) is 6.11. The number of nitrogens with one attached hydrogen (secondary N) is 1. The van der Waals surface area contributed by atoms with Gasteiger partial charge in [-0.25, -0.2) is 0 Å². The van der Waals surface area contributed by atoms with Crippen molar-refractivity contribution < 1.29 is 4.74 Å². The maximum Gasteiger partial charge on any atom is 0.134 e. The van der Waals surface area contributed by atoms with Gasteiger partial charge in [-0.05, 0) is 24.8 Å². The quantitative estimate of drug-likeness (QED) is 0.825. The third-order valence-corrected chi connectivity index (χ3v) is 3.26. The summed E-state index contributed by atoms with van der Waals surface area (Å²) in [5, 5.41) is 3.57. The monoisotopic (exact) mass is 219 g/mol. The molecule has 0 spiro atoms. The van der Waals surface area contributed by atoms with Gasteiger partial charge in [0, 0.05) is 6.04 Å². The molecule has 88 valence electrons. The number of rotatable bonds is 2. The molecule has 1 aliphatic heterocycles. The number of hydrogen-bond donors (Lipinski definition) is 1. The largest absolute Gasteiger partial charge is 0.359 e. The van der Waals surface area contributed by atoms with E-state index in [2.05, 4.69) is 50.4 Å². The predicted molar refractivity (Wildman–Crippen MR) is 66.3 cm³/mol. The van der Waals surface area contributed by atoms with Crippen molar-refractivity contribution in [2.45, 2.75) is 39.5 Å². The minimum Gasteiger partial charge on any atom is -0.359 e. The van der Waals surface area contributed by atoms with Crippen LogP contribution in [0.2, 0.25) is 0 Å². The molecule has 2 atom stereocenters. The molecule has 0 aromatic heterocycles. The van der Waals surface area contributed by atoms with Gasteiger partial charge in [-0.2, -0.15) is 0 Å². The number of aryl methyl sites for hydroxylation is 1. The molecule has 0 bridgehead atoms. The molecule has 2 heteroatoms. The zero-order valence-corrected chi connectivity index (χ0v) is 10.4. The molecule has 0 saturated carbocycles. The molecule has 1 heterocycles. The van der Waals surface area contributed by atoms with Gasteiger partial charge in [0.1, 0.15) is 6.23 Å². The van der Waals surface area contributed by atoms with Crippen molar-refractivity contribution >= 4 is 0 Å². The summed E-state index contributed by atoms with van der Waals surface area (Å²) >= 11 is 0. The lowest BCUT2D eigenvalue weighted by Gasteiger charge is -2.33. The van der Waals surface area contributed by atoms with Crippen LogP contribution in [0.25, 0.3) is 0 Å². The fourth-order valence-corrected chi connectivity index (χ4v) is 2.10. The fraction of sp³-hybridized carbons (Fsp3) is 0.571. The summed E-state index contributed by atoms with van der Waals surface area (Å²) in [5.41, 5.74) is 2.52. The molecule has 1 N–H and O–H groups in total. The van der Waals surface area contributed by atoms with Crippen LogP contribution in [-0.2, 0) is 4.74 Å². The maximum absolute atomic E-state index is 5.77. The first-order valence-electron chi connectivity index (χ1n) is 6.11. The highest BCUT2D eigenvalue weighted by Crippen LogP contribution is 2.23. The van der Waals surface area contributed by atoms with Gasteiger partial charge in [0.25, 0.3) is 0 Å². The van der Waals surface area contributed by atoms with Crippen molar-refractivity contribution in [3.05, 3.63) is 35.4 Å². The van der Waals surface area contributed by atoms with Gasteiger partial charge >= 0.3 is 0 Å². The summed E-state index contributed by atoms with van der Waals surface area (Å²) in [7, 11) is 0. The van der Waals surface area contributed by atoms with Crippen molar-refractivity contribution in [2.75, 3.05) is 6.61 Å². The summed E-state index contributed by atoms with van der Waals surface area (Å²) in [6.45, 7) is 7.48. The number of ether oxygens (including phenoxy) is 1. The normalized spacial score (nSPS) is 26.0. The summed E-state index contributed by atoms with van der Waals surface area (Å²) in [5.74, 6) is 0.664. The van der Waals surface area contributed by atoms with E-state index in [0.717, 1.165) is 13.0 Å². The summed E-state index contributed by atoms with van der Waals surface area (Å²) < 4.78 is 5.77. The second kappa shape index (κ2) is 4.98. The lowest BCUT2D eigenvalue weighted by Crippen LogP contribution is -2.43. The average molecular weight is 219 g/mol. The molecule has 1 aliphatic rings. The van der Waals surface area contributed by atoms with E-state index < -0.39 is 0 Å². The Balaban J connectivity index is 2.06. The van der Waals surface area contributed by atoms with Gasteiger partial charge in [-0.3, -0.25) is 5.32 Å². The van der Waals surface area contributed by atoms with Crippen LogP contribution in [0.15, 0.2) is 24.3 Å². The molecule has 1 aromatic rings. The van der Waals surface area contributed by atoms with Gasteiger partial charge in [0.15, 0.2) is 0 Å². The highest BCUT2D eigenvalue weighted by Gasteiger charge is 2.24. The third kappa shape index (κ3) is 2.63. The van der Waals surface area contributed by atoms with Crippen LogP contribution >= 0.6 is 0 Å². The van der Waals surface area contributed by atoms with E-state index in [-0.39, 0.29) is 6.23 Å². The van der Waals surface area contributed by atoms with Crippen LogP contribution in [0.3, 0.4) is 0 Å². The molecule has 1 fully saturated rings. The van der Waals surface area contributed by atoms with Gasteiger partial charge in [0.05, 0.1) is 6.61 Å². The van der Waals surface area contributed by atoms with Gasteiger partial charge in [0.2, 0.25) is 0 Å². The lowest BCUT2D eigenvalue weighted by molar-refractivity contribution is -0.0279.